The molecule has 0 saturated heterocycles. The first-order chi connectivity index (χ1) is 6.11. The van der Waals surface area contributed by atoms with Gasteiger partial charge >= 0.3 is 6.09 Å². The Morgan fingerprint density at radius 3 is 2.54 bits per heavy atom. The zero-order valence-corrected chi connectivity index (χ0v) is 9.13. The van der Waals surface area contributed by atoms with Gasteiger partial charge in [0.1, 0.15) is 0 Å². The lowest BCUT2D eigenvalue weighted by Gasteiger charge is -2.13. The van der Waals surface area contributed by atoms with Crippen molar-refractivity contribution in [1.82, 2.24) is 5.32 Å². The number of nitrogens with one attached hydrogen (secondary N) is 1. The van der Waals surface area contributed by atoms with Crippen molar-refractivity contribution in [3.05, 3.63) is 0 Å². The van der Waals surface area contributed by atoms with E-state index >= 15 is 0 Å². The van der Waals surface area contributed by atoms with E-state index in [1.54, 1.807) is 0 Å². The van der Waals surface area contributed by atoms with Crippen molar-refractivity contribution in [2.45, 2.75) is 32.2 Å². The van der Waals surface area contributed by atoms with E-state index in [9.17, 15) is 9.59 Å². The summed E-state index contributed by atoms with van der Waals surface area (Å²) < 4.78 is 0. The smallest absolute Gasteiger partial charge is 0.405 e. The van der Waals surface area contributed by atoms with E-state index < -0.39 is 12.1 Å². The number of alkyl halides is 1. The Kier molecular flexibility index (Phi) is 6.58. The van der Waals surface area contributed by atoms with Crippen molar-refractivity contribution in [1.29, 1.82) is 0 Å². The molecule has 76 valence electrons. The lowest BCUT2D eigenvalue weighted by atomic mass is 10.1. The van der Waals surface area contributed by atoms with Gasteiger partial charge in [0.05, 0.1) is 11.4 Å². The molecule has 1 atom stereocenters. The number of amides is 1. The number of carbonyl (C=O) groups excluding carboxylic acids is 1. The first kappa shape index (κ1) is 12.4. The van der Waals surface area contributed by atoms with Gasteiger partial charge in [0, 0.05) is 0 Å². The maximum absolute atomic E-state index is 11.2. The van der Waals surface area contributed by atoms with Gasteiger partial charge in [-0.25, -0.2) is 4.79 Å². The normalized spacial score (nSPS) is 12.2. The standard InChI is InChI=1S/C8H14BrNO3/c1-2-3-4-6(7(11)5-9)10-8(12)13/h6,10H,2-5H2,1H3,(H,12,13). The molecule has 0 spiro atoms. The number of hydrogen-bond acceptors (Lipinski definition) is 2. The van der Waals surface area contributed by atoms with E-state index in [0.717, 1.165) is 12.8 Å². The molecular weight excluding hydrogens is 238 g/mol. The summed E-state index contributed by atoms with van der Waals surface area (Å²) in [5.41, 5.74) is 0. The van der Waals surface area contributed by atoms with Crippen LogP contribution in [0.2, 0.25) is 0 Å². The third kappa shape index (κ3) is 5.63. The highest BCUT2D eigenvalue weighted by Gasteiger charge is 2.17. The van der Waals surface area contributed by atoms with Crippen LogP contribution in [0.1, 0.15) is 26.2 Å². The maximum Gasteiger partial charge on any atom is 0.405 e. The van der Waals surface area contributed by atoms with Crippen LogP contribution in [-0.4, -0.2) is 28.4 Å². The molecule has 0 aliphatic carbocycles. The molecule has 4 nitrogen and oxygen atoms in total. The summed E-state index contributed by atoms with van der Waals surface area (Å²) in [5, 5.41) is 10.8. The third-order valence-corrected chi connectivity index (χ3v) is 2.22. The van der Waals surface area contributed by atoms with Gasteiger partial charge in [0.2, 0.25) is 0 Å². The van der Waals surface area contributed by atoms with Gasteiger partial charge in [-0.1, -0.05) is 35.7 Å². The second kappa shape index (κ2) is 6.88. The number of halogens is 1. The number of Topliss-reactive ketones (excluding diaryl/α,β-unsaturated/α-hetero) is 1. The molecule has 1 unspecified atom stereocenters. The SMILES string of the molecule is CCCCC(NC(=O)O)C(=O)CBr. The molecule has 0 rings (SSSR count). The van der Waals surface area contributed by atoms with E-state index in [1.165, 1.54) is 0 Å². The molecule has 0 aliphatic heterocycles. The Morgan fingerprint density at radius 1 is 1.54 bits per heavy atom. The Hall–Kier alpha value is -0.580. The highest BCUT2D eigenvalue weighted by molar-refractivity contribution is 9.09. The molecule has 0 fully saturated rings. The van der Waals surface area contributed by atoms with Gasteiger partial charge in [-0.2, -0.15) is 0 Å². The fourth-order valence-corrected chi connectivity index (χ4v) is 1.35. The first-order valence-corrected chi connectivity index (χ1v) is 5.32. The van der Waals surface area contributed by atoms with Crippen LogP contribution in [0, 0.1) is 0 Å². The Bertz CT molecular complexity index is 184. The number of rotatable bonds is 6. The molecule has 0 saturated carbocycles. The van der Waals surface area contributed by atoms with Crippen LogP contribution in [0.3, 0.4) is 0 Å². The van der Waals surface area contributed by atoms with Crippen LogP contribution in [0.4, 0.5) is 4.79 Å². The largest absolute Gasteiger partial charge is 0.465 e. The summed E-state index contributed by atoms with van der Waals surface area (Å²) in [6.07, 6.45) is 1.24. The van der Waals surface area contributed by atoms with Gasteiger partial charge in [0.25, 0.3) is 0 Å². The molecule has 0 aromatic carbocycles. The second-order valence-corrected chi connectivity index (χ2v) is 3.30. The predicted molar refractivity (Wildman–Crippen MR) is 53.3 cm³/mol. The number of unbranched alkanes of at least 4 members (excludes halogenated alkanes) is 1. The minimum atomic E-state index is -1.14. The summed E-state index contributed by atoms with van der Waals surface area (Å²) in [6, 6.07) is -0.558. The molecule has 5 heteroatoms. The van der Waals surface area contributed by atoms with Crippen molar-refractivity contribution in [3.8, 4) is 0 Å². The topological polar surface area (TPSA) is 66.4 Å². The summed E-state index contributed by atoms with van der Waals surface area (Å²) in [7, 11) is 0. The van der Waals surface area contributed by atoms with Gasteiger partial charge in [-0.3, -0.25) is 4.79 Å². The lowest BCUT2D eigenvalue weighted by Crippen LogP contribution is -2.40. The molecule has 13 heavy (non-hydrogen) atoms. The zero-order valence-electron chi connectivity index (χ0n) is 7.55. The van der Waals surface area contributed by atoms with Gasteiger partial charge in [0.15, 0.2) is 5.78 Å². The fourth-order valence-electron chi connectivity index (χ4n) is 0.964. The average Bonchev–Trinajstić information content (AvgIpc) is 2.10. The average molecular weight is 252 g/mol. The second-order valence-electron chi connectivity index (χ2n) is 2.74. The van der Waals surface area contributed by atoms with Crippen molar-refractivity contribution >= 4 is 27.8 Å². The highest BCUT2D eigenvalue weighted by atomic mass is 79.9. The molecule has 0 radical (unpaired) electrons. The molecule has 0 bridgehead atoms. The van der Waals surface area contributed by atoms with E-state index in [4.69, 9.17) is 5.11 Å². The Balaban J connectivity index is 4.02. The molecule has 0 heterocycles. The minimum Gasteiger partial charge on any atom is -0.465 e. The Morgan fingerprint density at radius 2 is 2.15 bits per heavy atom. The summed E-state index contributed by atoms with van der Waals surface area (Å²) in [5.74, 6) is -0.115. The van der Waals surface area contributed by atoms with Gasteiger partial charge in [-0.15, -0.1) is 0 Å². The van der Waals surface area contributed by atoms with E-state index in [1.807, 2.05) is 6.92 Å². The van der Waals surface area contributed by atoms with Crippen LogP contribution in [0.5, 0.6) is 0 Å². The van der Waals surface area contributed by atoms with Gasteiger partial charge < -0.3 is 10.4 Å². The molecule has 0 aliphatic rings. The number of ketones is 1. The van der Waals surface area contributed by atoms with Crippen molar-refractivity contribution in [2.75, 3.05) is 5.33 Å². The maximum atomic E-state index is 11.2. The first-order valence-electron chi connectivity index (χ1n) is 4.20. The molecule has 0 aromatic heterocycles. The quantitative estimate of drug-likeness (QED) is 0.708. The number of carboxylic acid groups (broad SMARTS) is 1. The van der Waals surface area contributed by atoms with Gasteiger partial charge in [-0.05, 0) is 6.42 Å². The van der Waals surface area contributed by atoms with Crippen molar-refractivity contribution in [3.63, 3.8) is 0 Å². The lowest BCUT2D eigenvalue weighted by molar-refractivity contribution is -0.118. The van der Waals surface area contributed by atoms with Crippen LogP contribution >= 0.6 is 15.9 Å². The molecule has 2 N–H and O–H groups in total. The fraction of sp³-hybridized carbons (Fsp3) is 0.750. The zero-order chi connectivity index (χ0) is 10.3. The Labute approximate surface area is 85.8 Å². The van der Waals surface area contributed by atoms with Crippen LogP contribution < -0.4 is 5.32 Å². The third-order valence-electron chi connectivity index (χ3n) is 1.66. The van der Waals surface area contributed by atoms with E-state index in [-0.39, 0.29) is 11.1 Å². The summed E-state index contributed by atoms with van der Waals surface area (Å²) >= 11 is 3.01. The van der Waals surface area contributed by atoms with Crippen molar-refractivity contribution < 1.29 is 14.7 Å². The molecular formula is C8H14BrNO3. The van der Waals surface area contributed by atoms with Crippen LogP contribution in [0.15, 0.2) is 0 Å². The molecule has 1 amide bonds. The number of carbonyl (C=O) groups is 2. The monoisotopic (exact) mass is 251 g/mol. The minimum absolute atomic E-state index is 0.115. The molecule has 0 aromatic rings. The van der Waals surface area contributed by atoms with Crippen molar-refractivity contribution in [2.24, 2.45) is 0 Å². The highest BCUT2D eigenvalue weighted by Crippen LogP contribution is 2.03. The van der Waals surface area contributed by atoms with E-state index in [2.05, 4.69) is 21.2 Å². The summed E-state index contributed by atoms with van der Waals surface area (Å²) in [4.78, 5) is 21.5. The number of hydrogen-bond donors (Lipinski definition) is 2. The predicted octanol–water partition coefficient (Wildman–Crippen LogP) is 1.78. The van der Waals surface area contributed by atoms with Crippen LogP contribution in [-0.2, 0) is 4.79 Å². The van der Waals surface area contributed by atoms with Crippen LogP contribution in [0.25, 0.3) is 0 Å². The van der Waals surface area contributed by atoms with E-state index in [0.29, 0.717) is 6.42 Å². The summed E-state index contributed by atoms with van der Waals surface area (Å²) in [6.45, 7) is 2.00.